The van der Waals surface area contributed by atoms with E-state index in [1.54, 1.807) is 12.1 Å². The van der Waals surface area contributed by atoms with E-state index in [-0.39, 0.29) is 17.9 Å². The van der Waals surface area contributed by atoms with Gasteiger partial charge in [-0.15, -0.1) is 17.5 Å². The highest BCUT2D eigenvalue weighted by molar-refractivity contribution is 5.99. The zero-order valence-electron chi connectivity index (χ0n) is 7.43. The number of halogens is 1. The lowest BCUT2D eigenvalue weighted by Gasteiger charge is -1.93. The second kappa shape index (κ2) is 3.36. The molecule has 0 spiro atoms. The van der Waals surface area contributed by atoms with Crippen molar-refractivity contribution in [3.8, 4) is 0 Å². The third kappa shape index (κ3) is 1.28. The molecule has 2 aromatic heterocycles. The molecule has 0 fully saturated rings. The fraction of sp³-hybridized carbons (Fsp3) is 0. The number of rotatable bonds is 0. The summed E-state index contributed by atoms with van der Waals surface area (Å²) in [6.45, 7) is 0. The first-order valence-electron chi connectivity index (χ1n) is 4.08. The predicted octanol–water partition coefficient (Wildman–Crippen LogP) is 1.49. The summed E-state index contributed by atoms with van der Waals surface area (Å²) < 4.78 is 5.06. The summed E-state index contributed by atoms with van der Waals surface area (Å²) in [5.41, 5.74) is 0.854. The SMILES string of the molecule is Cl.O=c1oc2ccccc2c2n[nH]nc12. The minimum absolute atomic E-state index is 0. The molecule has 0 aliphatic rings. The van der Waals surface area contributed by atoms with Crippen molar-refractivity contribution in [3.63, 3.8) is 0 Å². The number of aromatic nitrogens is 3. The molecule has 0 amide bonds. The van der Waals surface area contributed by atoms with Crippen molar-refractivity contribution < 1.29 is 4.42 Å². The maximum absolute atomic E-state index is 11.4. The second-order valence-electron chi connectivity index (χ2n) is 2.91. The molecular formula is C9H6ClN3O2. The summed E-state index contributed by atoms with van der Waals surface area (Å²) in [6.07, 6.45) is 0. The smallest absolute Gasteiger partial charge is 0.366 e. The molecule has 76 valence electrons. The molecule has 3 aromatic rings. The van der Waals surface area contributed by atoms with Crippen LogP contribution in [0.5, 0.6) is 0 Å². The number of nitrogens with one attached hydrogen (secondary N) is 1. The van der Waals surface area contributed by atoms with Crippen LogP contribution in [0.2, 0.25) is 0 Å². The van der Waals surface area contributed by atoms with Gasteiger partial charge in [0.2, 0.25) is 0 Å². The largest absolute Gasteiger partial charge is 0.421 e. The standard InChI is InChI=1S/C9H5N3O2.ClH/c13-9-8-7(10-12-11-8)5-3-1-2-4-6(5)14-9;/h1-4H,(H,10,11,12);1H. The average molecular weight is 224 g/mol. The molecule has 0 saturated heterocycles. The van der Waals surface area contributed by atoms with E-state index in [1.807, 2.05) is 12.1 Å². The molecule has 0 atom stereocenters. The number of fused-ring (bicyclic) bond motifs is 3. The minimum atomic E-state index is -0.465. The number of aromatic amines is 1. The number of nitrogens with zero attached hydrogens (tertiary/aromatic N) is 2. The first kappa shape index (κ1) is 9.67. The maximum Gasteiger partial charge on any atom is 0.366 e. The number of hydrogen-bond acceptors (Lipinski definition) is 4. The van der Waals surface area contributed by atoms with E-state index in [0.29, 0.717) is 11.1 Å². The summed E-state index contributed by atoms with van der Waals surface area (Å²) in [5, 5.41) is 10.8. The van der Waals surface area contributed by atoms with Crippen LogP contribution in [0.3, 0.4) is 0 Å². The summed E-state index contributed by atoms with van der Waals surface area (Å²) in [5.74, 6) is 0. The van der Waals surface area contributed by atoms with Gasteiger partial charge in [-0.2, -0.15) is 10.3 Å². The van der Waals surface area contributed by atoms with Gasteiger partial charge in [-0.25, -0.2) is 4.79 Å². The van der Waals surface area contributed by atoms with Crippen LogP contribution < -0.4 is 5.63 Å². The molecule has 0 aliphatic heterocycles. The zero-order chi connectivity index (χ0) is 9.54. The van der Waals surface area contributed by atoms with Crippen LogP contribution in [0.4, 0.5) is 0 Å². The van der Waals surface area contributed by atoms with E-state index in [0.717, 1.165) is 5.39 Å². The molecule has 0 aliphatic carbocycles. The average Bonchev–Trinajstić information content (AvgIpc) is 2.67. The molecule has 15 heavy (non-hydrogen) atoms. The van der Waals surface area contributed by atoms with Crippen molar-refractivity contribution in [1.82, 2.24) is 15.4 Å². The highest BCUT2D eigenvalue weighted by atomic mass is 35.5. The van der Waals surface area contributed by atoms with Crippen molar-refractivity contribution in [1.29, 1.82) is 0 Å². The molecular weight excluding hydrogens is 218 g/mol. The van der Waals surface area contributed by atoms with Gasteiger partial charge in [-0.05, 0) is 12.1 Å². The van der Waals surface area contributed by atoms with Crippen LogP contribution in [-0.4, -0.2) is 15.4 Å². The maximum atomic E-state index is 11.4. The Morgan fingerprint density at radius 3 is 2.73 bits per heavy atom. The lowest BCUT2D eigenvalue weighted by Crippen LogP contribution is -1.99. The topological polar surface area (TPSA) is 71.8 Å². The normalized spacial score (nSPS) is 10.4. The van der Waals surface area contributed by atoms with Crippen molar-refractivity contribution in [2.24, 2.45) is 0 Å². The first-order valence-corrected chi connectivity index (χ1v) is 4.08. The van der Waals surface area contributed by atoms with Crippen molar-refractivity contribution in [2.45, 2.75) is 0 Å². The van der Waals surface area contributed by atoms with Gasteiger partial charge < -0.3 is 4.42 Å². The van der Waals surface area contributed by atoms with Gasteiger partial charge in [-0.3, -0.25) is 0 Å². The Kier molecular flexibility index (Phi) is 2.17. The lowest BCUT2D eigenvalue weighted by molar-refractivity contribution is 0.568. The molecule has 0 bridgehead atoms. The fourth-order valence-corrected chi connectivity index (χ4v) is 1.46. The molecule has 1 N–H and O–H groups in total. The molecule has 0 radical (unpaired) electrons. The summed E-state index contributed by atoms with van der Waals surface area (Å²) >= 11 is 0. The third-order valence-electron chi connectivity index (χ3n) is 2.09. The minimum Gasteiger partial charge on any atom is -0.421 e. The third-order valence-corrected chi connectivity index (χ3v) is 2.09. The van der Waals surface area contributed by atoms with E-state index >= 15 is 0 Å². The molecule has 1 aromatic carbocycles. The van der Waals surface area contributed by atoms with Crippen molar-refractivity contribution in [3.05, 3.63) is 34.7 Å². The Morgan fingerprint density at radius 1 is 1.13 bits per heavy atom. The van der Waals surface area contributed by atoms with Crippen molar-refractivity contribution in [2.75, 3.05) is 0 Å². The van der Waals surface area contributed by atoms with Crippen LogP contribution in [0.25, 0.3) is 22.0 Å². The van der Waals surface area contributed by atoms with Crippen LogP contribution >= 0.6 is 12.4 Å². The van der Waals surface area contributed by atoms with E-state index in [9.17, 15) is 4.79 Å². The molecule has 2 heterocycles. The first-order chi connectivity index (χ1) is 6.86. The molecule has 5 nitrogen and oxygen atoms in total. The van der Waals surface area contributed by atoms with Gasteiger partial charge in [0.1, 0.15) is 11.1 Å². The van der Waals surface area contributed by atoms with Crippen LogP contribution in [0.15, 0.2) is 33.5 Å². The molecule has 0 unspecified atom stereocenters. The highest BCUT2D eigenvalue weighted by Gasteiger charge is 2.09. The predicted molar refractivity (Wildman–Crippen MR) is 57.2 cm³/mol. The zero-order valence-corrected chi connectivity index (χ0v) is 8.25. The van der Waals surface area contributed by atoms with Crippen LogP contribution in [-0.2, 0) is 0 Å². The van der Waals surface area contributed by atoms with Gasteiger partial charge in [0.05, 0.1) is 0 Å². The van der Waals surface area contributed by atoms with E-state index in [4.69, 9.17) is 4.42 Å². The molecule has 6 heteroatoms. The van der Waals surface area contributed by atoms with Gasteiger partial charge in [0.15, 0.2) is 5.52 Å². The van der Waals surface area contributed by atoms with Gasteiger partial charge in [-0.1, -0.05) is 12.1 Å². The number of para-hydroxylation sites is 1. The van der Waals surface area contributed by atoms with Gasteiger partial charge >= 0.3 is 5.63 Å². The Morgan fingerprint density at radius 2 is 1.87 bits per heavy atom. The summed E-state index contributed by atoms with van der Waals surface area (Å²) in [4.78, 5) is 11.4. The van der Waals surface area contributed by atoms with Crippen molar-refractivity contribution >= 4 is 34.4 Å². The van der Waals surface area contributed by atoms with E-state index < -0.39 is 5.63 Å². The van der Waals surface area contributed by atoms with Gasteiger partial charge in [0, 0.05) is 5.39 Å². The Bertz CT molecular complexity index is 673. The quantitative estimate of drug-likeness (QED) is 0.586. The van der Waals surface area contributed by atoms with Crippen LogP contribution in [0, 0.1) is 0 Å². The van der Waals surface area contributed by atoms with Crippen LogP contribution in [0.1, 0.15) is 0 Å². The number of hydrogen-bond donors (Lipinski definition) is 1. The Balaban J connectivity index is 0.000000853. The molecule has 0 saturated carbocycles. The monoisotopic (exact) mass is 223 g/mol. The van der Waals surface area contributed by atoms with E-state index in [2.05, 4.69) is 15.4 Å². The second-order valence-corrected chi connectivity index (χ2v) is 2.91. The van der Waals surface area contributed by atoms with E-state index in [1.165, 1.54) is 0 Å². The van der Waals surface area contributed by atoms with Gasteiger partial charge in [0.25, 0.3) is 0 Å². The summed E-state index contributed by atoms with van der Waals surface area (Å²) in [6, 6.07) is 7.22. The fourth-order valence-electron chi connectivity index (χ4n) is 1.46. The highest BCUT2D eigenvalue weighted by Crippen LogP contribution is 2.18. The Hall–Kier alpha value is -1.88. The molecule has 3 rings (SSSR count). The lowest BCUT2D eigenvalue weighted by atomic mass is 10.2. The number of benzene rings is 1. The summed E-state index contributed by atoms with van der Waals surface area (Å²) in [7, 11) is 0. The number of H-pyrrole nitrogens is 1. The Labute approximate surface area is 89.5 Å².